The number of nitrogens with two attached hydrogens (primary N) is 1. The second kappa shape index (κ2) is 2.90. The molecule has 58 valence electrons. The molecule has 3 N–H and O–H groups in total. The summed E-state index contributed by atoms with van der Waals surface area (Å²) in [6.07, 6.45) is 2.46. The summed E-state index contributed by atoms with van der Waals surface area (Å²) >= 11 is 0. The van der Waals surface area contributed by atoms with E-state index in [9.17, 15) is 0 Å². The molecule has 1 rings (SSSR count). The molecule has 0 radical (unpaired) electrons. The van der Waals surface area contributed by atoms with Gasteiger partial charge in [-0.2, -0.15) is 0 Å². The molecule has 1 atom stereocenters. The summed E-state index contributed by atoms with van der Waals surface area (Å²) in [6.45, 7) is 4.14. The maximum absolute atomic E-state index is 7.18. The van der Waals surface area contributed by atoms with E-state index in [0.717, 1.165) is 13.1 Å². The third-order valence-corrected chi connectivity index (χ3v) is 2.00. The fourth-order valence-electron chi connectivity index (χ4n) is 1.41. The van der Waals surface area contributed by atoms with E-state index in [2.05, 4.69) is 6.92 Å². The van der Waals surface area contributed by atoms with E-state index < -0.39 is 0 Å². The molecular weight excluding hydrogens is 126 g/mol. The summed E-state index contributed by atoms with van der Waals surface area (Å²) in [7, 11) is 0. The van der Waals surface area contributed by atoms with Crippen LogP contribution in [0.4, 0.5) is 0 Å². The quantitative estimate of drug-likeness (QED) is 0.383. The van der Waals surface area contributed by atoms with Gasteiger partial charge in [-0.25, -0.2) is 0 Å². The van der Waals surface area contributed by atoms with E-state index >= 15 is 0 Å². The van der Waals surface area contributed by atoms with Crippen molar-refractivity contribution in [1.29, 1.82) is 5.41 Å². The van der Waals surface area contributed by atoms with Gasteiger partial charge in [-0.1, -0.05) is 6.92 Å². The van der Waals surface area contributed by atoms with Crippen LogP contribution >= 0.6 is 0 Å². The molecule has 0 aromatic carbocycles. The lowest BCUT2D eigenvalue weighted by atomic mass is 10.0. The molecule has 0 spiro atoms. The molecule has 10 heavy (non-hydrogen) atoms. The molecule has 1 aliphatic heterocycles. The lowest BCUT2D eigenvalue weighted by Gasteiger charge is -2.30. The van der Waals surface area contributed by atoms with Gasteiger partial charge in [-0.15, -0.1) is 0 Å². The van der Waals surface area contributed by atoms with Crippen molar-refractivity contribution in [3.8, 4) is 0 Å². The van der Waals surface area contributed by atoms with Crippen molar-refractivity contribution >= 4 is 5.96 Å². The number of guanidine groups is 1. The van der Waals surface area contributed by atoms with Gasteiger partial charge in [0, 0.05) is 13.1 Å². The highest BCUT2D eigenvalue weighted by Crippen LogP contribution is 2.14. The Morgan fingerprint density at radius 1 is 1.70 bits per heavy atom. The number of nitrogens with zero attached hydrogens (tertiary/aromatic N) is 1. The van der Waals surface area contributed by atoms with Crippen molar-refractivity contribution < 1.29 is 0 Å². The van der Waals surface area contributed by atoms with Crippen molar-refractivity contribution in [2.45, 2.75) is 19.8 Å². The Morgan fingerprint density at radius 2 is 2.40 bits per heavy atom. The summed E-state index contributed by atoms with van der Waals surface area (Å²) in [5.41, 5.74) is 5.34. The highest BCUT2D eigenvalue weighted by molar-refractivity contribution is 5.74. The molecule has 3 nitrogen and oxygen atoms in total. The minimum atomic E-state index is 0.228. The molecule has 0 saturated carbocycles. The van der Waals surface area contributed by atoms with Gasteiger partial charge in [0.25, 0.3) is 0 Å². The highest BCUT2D eigenvalue weighted by atomic mass is 15.2. The zero-order valence-corrected chi connectivity index (χ0v) is 6.43. The first-order chi connectivity index (χ1) is 4.70. The van der Waals surface area contributed by atoms with Crippen LogP contribution in [-0.2, 0) is 0 Å². The third kappa shape index (κ3) is 1.62. The maximum atomic E-state index is 7.18. The van der Waals surface area contributed by atoms with E-state index in [0.29, 0.717) is 5.92 Å². The zero-order valence-electron chi connectivity index (χ0n) is 6.43. The highest BCUT2D eigenvalue weighted by Gasteiger charge is 2.16. The van der Waals surface area contributed by atoms with Crippen molar-refractivity contribution in [1.82, 2.24) is 4.90 Å². The van der Waals surface area contributed by atoms with Crippen LogP contribution in [0.5, 0.6) is 0 Å². The van der Waals surface area contributed by atoms with Crippen LogP contribution in [0.1, 0.15) is 19.8 Å². The van der Waals surface area contributed by atoms with E-state index in [4.69, 9.17) is 11.1 Å². The number of likely N-dealkylation sites (tertiary alicyclic amines) is 1. The molecule has 0 aromatic heterocycles. The van der Waals surface area contributed by atoms with Crippen LogP contribution in [-0.4, -0.2) is 23.9 Å². The molecule has 1 heterocycles. The molecule has 0 bridgehead atoms. The fraction of sp³-hybridized carbons (Fsp3) is 0.857. The molecule has 3 heteroatoms. The summed E-state index contributed by atoms with van der Waals surface area (Å²) < 4.78 is 0. The smallest absolute Gasteiger partial charge is 0.188 e. The molecule has 0 aliphatic carbocycles. The predicted octanol–water partition coefficient (Wildman–Crippen LogP) is 0.612. The average Bonchev–Trinajstić information content (AvgIpc) is 1.88. The third-order valence-electron chi connectivity index (χ3n) is 2.00. The zero-order chi connectivity index (χ0) is 7.56. The Morgan fingerprint density at radius 3 is 2.80 bits per heavy atom. The molecule has 0 unspecified atom stereocenters. The van der Waals surface area contributed by atoms with Gasteiger partial charge < -0.3 is 10.6 Å². The van der Waals surface area contributed by atoms with Crippen molar-refractivity contribution in [3.05, 3.63) is 0 Å². The molecule has 0 amide bonds. The first-order valence-electron chi connectivity index (χ1n) is 3.79. The van der Waals surface area contributed by atoms with E-state index in [1.54, 1.807) is 0 Å². The Kier molecular flexibility index (Phi) is 2.14. The summed E-state index contributed by atoms with van der Waals surface area (Å²) in [6, 6.07) is 0. The van der Waals surface area contributed by atoms with Gasteiger partial charge in [0.05, 0.1) is 0 Å². The summed E-state index contributed by atoms with van der Waals surface area (Å²) in [4.78, 5) is 1.94. The maximum Gasteiger partial charge on any atom is 0.188 e. The number of hydrogen-bond acceptors (Lipinski definition) is 1. The monoisotopic (exact) mass is 141 g/mol. The van der Waals surface area contributed by atoms with E-state index in [1.807, 2.05) is 4.90 Å². The van der Waals surface area contributed by atoms with Crippen LogP contribution < -0.4 is 5.73 Å². The molecule has 1 saturated heterocycles. The van der Waals surface area contributed by atoms with Crippen LogP contribution in [0.25, 0.3) is 0 Å². The first kappa shape index (κ1) is 7.38. The Labute approximate surface area is 61.7 Å². The van der Waals surface area contributed by atoms with E-state index in [1.165, 1.54) is 12.8 Å². The second-order valence-electron chi connectivity index (χ2n) is 3.08. The number of piperidine rings is 1. The van der Waals surface area contributed by atoms with Gasteiger partial charge in [-0.3, -0.25) is 5.41 Å². The van der Waals surface area contributed by atoms with Crippen molar-refractivity contribution in [2.24, 2.45) is 11.7 Å². The molecule has 1 fully saturated rings. The average molecular weight is 141 g/mol. The molecule has 0 aromatic rings. The Balaban J connectivity index is 2.39. The Bertz CT molecular complexity index is 133. The van der Waals surface area contributed by atoms with Gasteiger partial charge in [0.2, 0.25) is 0 Å². The SMILES string of the molecule is C[C@@H]1CCCN(C(=N)N)C1. The summed E-state index contributed by atoms with van der Waals surface area (Å²) in [5, 5.41) is 7.18. The van der Waals surface area contributed by atoms with Gasteiger partial charge in [-0.05, 0) is 18.8 Å². The van der Waals surface area contributed by atoms with Crippen LogP contribution in [0.2, 0.25) is 0 Å². The van der Waals surface area contributed by atoms with Gasteiger partial charge in [0.1, 0.15) is 0 Å². The molecular formula is C7H15N3. The normalized spacial score (nSPS) is 26.5. The van der Waals surface area contributed by atoms with Gasteiger partial charge >= 0.3 is 0 Å². The minimum absolute atomic E-state index is 0.228. The van der Waals surface area contributed by atoms with Crippen molar-refractivity contribution in [3.63, 3.8) is 0 Å². The number of rotatable bonds is 0. The van der Waals surface area contributed by atoms with Crippen LogP contribution in [0.15, 0.2) is 0 Å². The van der Waals surface area contributed by atoms with Crippen LogP contribution in [0.3, 0.4) is 0 Å². The second-order valence-corrected chi connectivity index (χ2v) is 3.08. The largest absolute Gasteiger partial charge is 0.370 e. The van der Waals surface area contributed by atoms with Gasteiger partial charge in [0.15, 0.2) is 5.96 Å². The fourth-order valence-corrected chi connectivity index (χ4v) is 1.41. The Hall–Kier alpha value is -0.730. The molecule has 1 aliphatic rings. The lowest BCUT2D eigenvalue weighted by Crippen LogP contribution is -2.42. The topological polar surface area (TPSA) is 53.1 Å². The predicted molar refractivity (Wildman–Crippen MR) is 41.9 cm³/mol. The standard InChI is InChI=1S/C7H15N3/c1-6-3-2-4-10(5-6)7(8)9/h6H,2-5H2,1H3,(H3,8,9)/t6-/m1/s1. The van der Waals surface area contributed by atoms with E-state index in [-0.39, 0.29) is 5.96 Å². The number of hydrogen-bond donors (Lipinski definition) is 2. The first-order valence-corrected chi connectivity index (χ1v) is 3.79. The minimum Gasteiger partial charge on any atom is -0.370 e. The van der Waals surface area contributed by atoms with Crippen LogP contribution in [0, 0.1) is 11.3 Å². The van der Waals surface area contributed by atoms with Crippen molar-refractivity contribution in [2.75, 3.05) is 13.1 Å². The lowest BCUT2D eigenvalue weighted by molar-refractivity contribution is 0.269. The number of nitrogens with one attached hydrogen (secondary N) is 1. The summed E-state index contributed by atoms with van der Waals surface area (Å²) in [5.74, 6) is 0.934.